The molecule has 0 unspecified atom stereocenters. The summed E-state index contributed by atoms with van der Waals surface area (Å²) in [6.45, 7) is 2.14. The number of aromatic amines is 1. The maximum atomic E-state index is 12.0. The van der Waals surface area contributed by atoms with Crippen molar-refractivity contribution in [2.24, 2.45) is 7.05 Å². The lowest BCUT2D eigenvalue weighted by Gasteiger charge is -2.06. The SMILES string of the molecule is CCONC(=O)c1ccc2c(=O)n(C)c(=S)[nH]c2c1. The maximum absolute atomic E-state index is 12.0. The highest BCUT2D eigenvalue weighted by Crippen LogP contribution is 2.10. The Morgan fingerprint density at radius 1 is 1.53 bits per heavy atom. The molecule has 2 rings (SSSR count). The molecule has 0 aliphatic carbocycles. The predicted molar refractivity (Wildman–Crippen MR) is 73.5 cm³/mol. The van der Waals surface area contributed by atoms with E-state index >= 15 is 0 Å². The quantitative estimate of drug-likeness (QED) is 0.655. The molecule has 1 aromatic carbocycles. The van der Waals surface area contributed by atoms with E-state index in [0.717, 1.165) is 0 Å². The number of rotatable bonds is 3. The number of nitrogens with one attached hydrogen (secondary N) is 2. The number of carbonyl (C=O) groups excluding carboxylic acids is 1. The van der Waals surface area contributed by atoms with Crippen molar-refractivity contribution < 1.29 is 9.63 Å². The molecule has 0 saturated heterocycles. The number of benzene rings is 1. The molecule has 2 N–H and O–H groups in total. The van der Waals surface area contributed by atoms with E-state index in [1.165, 1.54) is 4.57 Å². The lowest BCUT2D eigenvalue weighted by molar-refractivity contribution is 0.0364. The standard InChI is InChI=1S/C12H13N3O3S/c1-3-18-14-10(16)7-4-5-8-9(6-7)13-12(19)15(2)11(8)17/h4-6H,3H2,1-2H3,(H,13,19)(H,14,16). The highest BCUT2D eigenvalue weighted by atomic mass is 32.1. The van der Waals surface area contributed by atoms with Crippen LogP contribution < -0.4 is 11.0 Å². The van der Waals surface area contributed by atoms with Gasteiger partial charge in [-0.25, -0.2) is 5.48 Å². The summed E-state index contributed by atoms with van der Waals surface area (Å²) in [6, 6.07) is 4.72. The first-order valence-electron chi connectivity index (χ1n) is 5.69. The minimum atomic E-state index is -0.372. The molecule has 2 aromatic rings. The molecule has 0 bridgehead atoms. The highest BCUT2D eigenvalue weighted by molar-refractivity contribution is 7.71. The number of aromatic nitrogens is 2. The lowest BCUT2D eigenvalue weighted by atomic mass is 10.1. The van der Waals surface area contributed by atoms with Crippen LogP contribution in [-0.2, 0) is 11.9 Å². The fourth-order valence-electron chi connectivity index (χ4n) is 1.64. The number of hydrogen-bond donors (Lipinski definition) is 2. The van der Waals surface area contributed by atoms with Gasteiger partial charge in [-0.3, -0.25) is 19.0 Å². The van der Waals surface area contributed by atoms with Crippen LogP contribution in [0.4, 0.5) is 0 Å². The third-order valence-corrected chi connectivity index (χ3v) is 3.05. The normalized spacial score (nSPS) is 10.6. The second-order valence-corrected chi connectivity index (χ2v) is 4.31. The van der Waals surface area contributed by atoms with Crippen LogP contribution in [0.5, 0.6) is 0 Å². The summed E-state index contributed by atoms with van der Waals surface area (Å²) in [5, 5.41) is 0.476. The Morgan fingerprint density at radius 3 is 2.95 bits per heavy atom. The van der Waals surface area contributed by atoms with Crippen molar-refractivity contribution in [3.63, 3.8) is 0 Å². The van der Waals surface area contributed by atoms with E-state index in [0.29, 0.717) is 27.8 Å². The predicted octanol–water partition coefficient (Wildman–Crippen LogP) is 1.28. The molecule has 100 valence electrons. The molecule has 0 aliphatic heterocycles. The monoisotopic (exact) mass is 279 g/mol. The summed E-state index contributed by atoms with van der Waals surface area (Å²) >= 11 is 5.03. The van der Waals surface area contributed by atoms with Crippen molar-refractivity contribution in [2.45, 2.75) is 6.92 Å². The van der Waals surface area contributed by atoms with Crippen LogP contribution in [0.2, 0.25) is 0 Å². The Bertz CT molecular complexity index is 748. The van der Waals surface area contributed by atoms with Gasteiger partial charge in [0.15, 0.2) is 4.77 Å². The van der Waals surface area contributed by atoms with Gasteiger partial charge in [-0.2, -0.15) is 0 Å². The number of hydrogen-bond acceptors (Lipinski definition) is 4. The summed E-state index contributed by atoms with van der Waals surface area (Å²) in [7, 11) is 1.59. The number of carbonyl (C=O) groups is 1. The van der Waals surface area contributed by atoms with Gasteiger partial charge in [0, 0.05) is 12.6 Å². The first kappa shape index (κ1) is 13.4. The van der Waals surface area contributed by atoms with E-state index in [2.05, 4.69) is 10.5 Å². The summed E-state index contributed by atoms with van der Waals surface area (Å²) in [4.78, 5) is 31.4. The van der Waals surface area contributed by atoms with Gasteiger partial charge >= 0.3 is 0 Å². The van der Waals surface area contributed by atoms with Gasteiger partial charge < -0.3 is 4.98 Å². The van der Waals surface area contributed by atoms with Crippen LogP contribution in [0.25, 0.3) is 10.9 Å². The Hall–Kier alpha value is -1.99. The van der Waals surface area contributed by atoms with E-state index in [1.54, 1.807) is 32.2 Å². The minimum absolute atomic E-state index is 0.199. The average molecular weight is 279 g/mol. The summed E-state index contributed by atoms with van der Waals surface area (Å²) in [5.41, 5.74) is 3.01. The number of nitrogens with zero attached hydrogens (tertiary/aromatic N) is 1. The molecule has 1 aromatic heterocycles. The second-order valence-electron chi connectivity index (χ2n) is 3.92. The van der Waals surface area contributed by atoms with Gasteiger partial charge in [0.25, 0.3) is 11.5 Å². The van der Waals surface area contributed by atoms with Crippen molar-refractivity contribution >= 4 is 29.0 Å². The molecule has 0 aliphatic rings. The first-order valence-corrected chi connectivity index (χ1v) is 6.10. The van der Waals surface area contributed by atoms with Crippen LogP contribution in [0.15, 0.2) is 23.0 Å². The fourth-order valence-corrected chi connectivity index (χ4v) is 1.84. The molecule has 1 amide bonds. The summed E-state index contributed by atoms with van der Waals surface area (Å²) < 4.78 is 1.65. The number of hydroxylamine groups is 1. The van der Waals surface area contributed by atoms with E-state index in [-0.39, 0.29) is 11.5 Å². The lowest BCUT2D eigenvalue weighted by Crippen LogP contribution is -2.24. The number of amides is 1. The highest BCUT2D eigenvalue weighted by Gasteiger charge is 2.08. The summed E-state index contributed by atoms with van der Waals surface area (Å²) in [5.74, 6) is -0.372. The van der Waals surface area contributed by atoms with Crippen LogP contribution in [0, 0.1) is 4.77 Å². The third-order valence-electron chi connectivity index (χ3n) is 2.67. The van der Waals surface area contributed by atoms with Gasteiger partial charge in [-0.1, -0.05) is 0 Å². The molecule has 0 radical (unpaired) electrons. The molecule has 1 heterocycles. The van der Waals surface area contributed by atoms with Gasteiger partial charge in [-0.15, -0.1) is 0 Å². The van der Waals surface area contributed by atoms with Crippen molar-refractivity contribution in [1.82, 2.24) is 15.0 Å². The van der Waals surface area contributed by atoms with Crippen LogP contribution in [0.3, 0.4) is 0 Å². The molecule has 19 heavy (non-hydrogen) atoms. The first-order chi connectivity index (χ1) is 9.04. The molecule has 0 saturated carbocycles. The Morgan fingerprint density at radius 2 is 2.26 bits per heavy atom. The van der Waals surface area contributed by atoms with Crippen LogP contribution in [-0.4, -0.2) is 22.1 Å². The molecule has 6 nitrogen and oxygen atoms in total. The topological polar surface area (TPSA) is 76.1 Å². The zero-order valence-corrected chi connectivity index (χ0v) is 11.3. The summed E-state index contributed by atoms with van der Waals surface area (Å²) in [6.07, 6.45) is 0. The van der Waals surface area contributed by atoms with E-state index in [4.69, 9.17) is 17.1 Å². The van der Waals surface area contributed by atoms with E-state index in [1.807, 2.05) is 0 Å². The Kier molecular flexibility index (Phi) is 3.77. The molecular formula is C12H13N3O3S. The average Bonchev–Trinajstić information content (AvgIpc) is 2.41. The zero-order valence-electron chi connectivity index (χ0n) is 10.5. The van der Waals surface area contributed by atoms with Gasteiger partial charge in [-0.05, 0) is 37.3 Å². The van der Waals surface area contributed by atoms with Crippen molar-refractivity contribution in [2.75, 3.05) is 6.61 Å². The molecule has 0 spiro atoms. The number of H-pyrrole nitrogens is 1. The van der Waals surface area contributed by atoms with Gasteiger partial charge in [0.2, 0.25) is 0 Å². The number of fused-ring (bicyclic) bond motifs is 1. The van der Waals surface area contributed by atoms with Crippen molar-refractivity contribution in [3.8, 4) is 0 Å². The molecular weight excluding hydrogens is 266 g/mol. The molecule has 7 heteroatoms. The van der Waals surface area contributed by atoms with Crippen LogP contribution >= 0.6 is 12.2 Å². The van der Waals surface area contributed by atoms with E-state index in [9.17, 15) is 9.59 Å². The smallest absolute Gasteiger partial charge is 0.274 e. The molecule has 0 atom stereocenters. The Balaban J connectivity index is 2.53. The molecule has 0 fully saturated rings. The minimum Gasteiger partial charge on any atom is -0.332 e. The van der Waals surface area contributed by atoms with Gasteiger partial charge in [0.1, 0.15) is 0 Å². The van der Waals surface area contributed by atoms with Crippen LogP contribution in [0.1, 0.15) is 17.3 Å². The Labute approximate surface area is 114 Å². The van der Waals surface area contributed by atoms with Crippen molar-refractivity contribution in [3.05, 3.63) is 38.9 Å². The largest absolute Gasteiger partial charge is 0.332 e. The zero-order chi connectivity index (χ0) is 14.0. The second kappa shape index (κ2) is 5.33. The van der Waals surface area contributed by atoms with Crippen molar-refractivity contribution in [1.29, 1.82) is 0 Å². The third kappa shape index (κ3) is 2.56. The fraction of sp³-hybridized carbons (Fsp3) is 0.250. The maximum Gasteiger partial charge on any atom is 0.274 e. The van der Waals surface area contributed by atoms with Gasteiger partial charge in [0.05, 0.1) is 17.5 Å². The van der Waals surface area contributed by atoms with E-state index < -0.39 is 0 Å².